The number of aromatic nitrogens is 2. The molecule has 2 aromatic carbocycles. The van der Waals surface area contributed by atoms with Gasteiger partial charge in [0.15, 0.2) is 6.61 Å². The average Bonchev–Trinajstić information content (AvgIpc) is 2.85. The van der Waals surface area contributed by atoms with Crippen LogP contribution < -0.4 is 25.2 Å². The molecule has 1 amide bonds. The molecule has 0 fully saturated rings. The van der Waals surface area contributed by atoms with Gasteiger partial charge in [0.1, 0.15) is 11.5 Å². The molecule has 3 rings (SSSR count). The Labute approximate surface area is 193 Å². The van der Waals surface area contributed by atoms with Crippen LogP contribution in [0.15, 0.2) is 65.5 Å². The number of anilines is 1. The van der Waals surface area contributed by atoms with Crippen LogP contribution in [0.2, 0.25) is 0 Å². The van der Waals surface area contributed by atoms with E-state index in [4.69, 9.17) is 9.47 Å². The minimum atomic E-state index is -0.261. The molecule has 8 nitrogen and oxygen atoms in total. The summed E-state index contributed by atoms with van der Waals surface area (Å²) in [5.74, 6) is 1.12. The van der Waals surface area contributed by atoms with Crippen molar-refractivity contribution in [1.82, 2.24) is 15.1 Å². The highest BCUT2D eigenvalue weighted by Crippen LogP contribution is 2.21. The van der Waals surface area contributed by atoms with Crippen molar-refractivity contribution < 1.29 is 14.3 Å². The van der Waals surface area contributed by atoms with Crippen molar-refractivity contribution in [3.63, 3.8) is 0 Å². The first-order valence-corrected chi connectivity index (χ1v) is 11.0. The number of carbonyl (C=O) groups excluding carboxylic acids is 1. The Morgan fingerprint density at radius 1 is 1.03 bits per heavy atom. The van der Waals surface area contributed by atoms with Gasteiger partial charge in [-0.2, -0.15) is 5.10 Å². The standard InChI is InChI=1S/C25H30N4O4/c1-4-28(5-2)20-7-6-8-22(17-20)33-18-24(30)26-15-16-29-25(31)14-13-23(27-29)19-9-11-21(32-3)12-10-19/h6-14,17H,4-5,15-16,18H2,1-3H3,(H,26,30). The second-order valence-electron chi connectivity index (χ2n) is 7.32. The van der Waals surface area contributed by atoms with E-state index in [1.54, 1.807) is 13.2 Å². The summed E-state index contributed by atoms with van der Waals surface area (Å²) in [7, 11) is 1.61. The first kappa shape index (κ1) is 23.8. The Hall–Kier alpha value is -3.81. The summed E-state index contributed by atoms with van der Waals surface area (Å²) in [6, 6.07) is 18.3. The summed E-state index contributed by atoms with van der Waals surface area (Å²) in [5.41, 5.74) is 2.36. The maximum atomic E-state index is 12.2. The molecule has 0 unspecified atom stereocenters. The molecule has 0 aliphatic carbocycles. The van der Waals surface area contributed by atoms with Crippen LogP contribution in [0.1, 0.15) is 13.8 Å². The second-order valence-corrected chi connectivity index (χ2v) is 7.32. The highest BCUT2D eigenvalue weighted by molar-refractivity contribution is 5.77. The largest absolute Gasteiger partial charge is 0.497 e. The molecule has 1 N–H and O–H groups in total. The van der Waals surface area contributed by atoms with Crippen LogP contribution in [0, 0.1) is 0 Å². The van der Waals surface area contributed by atoms with E-state index >= 15 is 0 Å². The fourth-order valence-electron chi connectivity index (χ4n) is 3.38. The fraction of sp³-hybridized carbons (Fsp3) is 0.320. The number of amides is 1. The molecule has 174 valence electrons. The van der Waals surface area contributed by atoms with Crippen LogP contribution in [-0.2, 0) is 11.3 Å². The Morgan fingerprint density at radius 2 is 1.79 bits per heavy atom. The van der Waals surface area contributed by atoms with Crippen molar-refractivity contribution in [3.05, 3.63) is 71.0 Å². The number of nitrogens with one attached hydrogen (secondary N) is 1. The Balaban J connectivity index is 1.52. The summed E-state index contributed by atoms with van der Waals surface area (Å²) in [6.45, 7) is 6.40. The predicted molar refractivity (Wildman–Crippen MR) is 129 cm³/mol. The quantitative estimate of drug-likeness (QED) is 0.483. The highest BCUT2D eigenvalue weighted by Gasteiger charge is 2.08. The second kappa shape index (κ2) is 11.7. The zero-order valence-electron chi connectivity index (χ0n) is 19.3. The molecule has 1 heterocycles. The van der Waals surface area contributed by atoms with E-state index in [1.807, 2.05) is 48.5 Å². The number of methoxy groups -OCH3 is 1. The molecular weight excluding hydrogens is 420 g/mol. The summed E-state index contributed by atoms with van der Waals surface area (Å²) in [6.07, 6.45) is 0. The van der Waals surface area contributed by atoms with Crippen LogP contribution >= 0.6 is 0 Å². The smallest absolute Gasteiger partial charge is 0.266 e. The Kier molecular flexibility index (Phi) is 8.46. The first-order valence-electron chi connectivity index (χ1n) is 11.0. The molecule has 8 heteroatoms. The SMILES string of the molecule is CCN(CC)c1cccc(OCC(=O)NCCn2nc(-c3ccc(OC)cc3)ccc2=O)c1. The number of carbonyl (C=O) groups is 1. The van der Waals surface area contributed by atoms with E-state index in [9.17, 15) is 9.59 Å². The highest BCUT2D eigenvalue weighted by atomic mass is 16.5. The van der Waals surface area contributed by atoms with Gasteiger partial charge in [-0.25, -0.2) is 4.68 Å². The van der Waals surface area contributed by atoms with Crippen LogP contribution in [0.5, 0.6) is 11.5 Å². The van der Waals surface area contributed by atoms with Gasteiger partial charge < -0.3 is 19.7 Å². The van der Waals surface area contributed by atoms with Gasteiger partial charge in [0, 0.05) is 43.0 Å². The van der Waals surface area contributed by atoms with Crippen LogP contribution in [0.4, 0.5) is 5.69 Å². The van der Waals surface area contributed by atoms with E-state index in [-0.39, 0.29) is 31.2 Å². The van der Waals surface area contributed by atoms with Crippen molar-refractivity contribution in [2.45, 2.75) is 20.4 Å². The molecule has 0 spiro atoms. The summed E-state index contributed by atoms with van der Waals surface area (Å²) >= 11 is 0. The molecular formula is C25H30N4O4. The van der Waals surface area contributed by atoms with E-state index in [0.29, 0.717) is 11.4 Å². The molecule has 0 saturated carbocycles. The maximum absolute atomic E-state index is 12.2. The Bertz CT molecular complexity index is 1110. The topological polar surface area (TPSA) is 85.7 Å². The van der Waals surface area contributed by atoms with Crippen molar-refractivity contribution in [2.75, 3.05) is 38.3 Å². The van der Waals surface area contributed by atoms with E-state index < -0.39 is 0 Å². The van der Waals surface area contributed by atoms with E-state index in [0.717, 1.165) is 30.1 Å². The molecule has 0 aliphatic heterocycles. The summed E-state index contributed by atoms with van der Waals surface area (Å²) in [4.78, 5) is 26.6. The van der Waals surface area contributed by atoms with Gasteiger partial charge >= 0.3 is 0 Å². The fourth-order valence-corrected chi connectivity index (χ4v) is 3.38. The molecule has 3 aromatic rings. The zero-order chi connectivity index (χ0) is 23.6. The minimum Gasteiger partial charge on any atom is -0.497 e. The third kappa shape index (κ3) is 6.58. The number of benzene rings is 2. The zero-order valence-corrected chi connectivity index (χ0v) is 19.3. The molecule has 0 aliphatic rings. The lowest BCUT2D eigenvalue weighted by Gasteiger charge is -2.21. The Morgan fingerprint density at radius 3 is 2.48 bits per heavy atom. The van der Waals surface area contributed by atoms with Gasteiger partial charge in [-0.3, -0.25) is 9.59 Å². The first-order chi connectivity index (χ1) is 16.0. The molecule has 33 heavy (non-hydrogen) atoms. The van der Waals surface area contributed by atoms with E-state index in [2.05, 4.69) is 29.2 Å². The number of nitrogens with zero attached hydrogens (tertiary/aromatic N) is 3. The third-order valence-corrected chi connectivity index (χ3v) is 5.21. The van der Waals surface area contributed by atoms with Gasteiger partial charge in [0.05, 0.1) is 19.3 Å². The maximum Gasteiger partial charge on any atom is 0.266 e. The number of rotatable bonds is 11. The average molecular weight is 451 g/mol. The summed E-state index contributed by atoms with van der Waals surface area (Å²) < 4.78 is 12.1. The lowest BCUT2D eigenvalue weighted by atomic mass is 10.1. The third-order valence-electron chi connectivity index (χ3n) is 5.21. The van der Waals surface area contributed by atoms with Gasteiger partial charge in [-0.15, -0.1) is 0 Å². The minimum absolute atomic E-state index is 0.101. The lowest BCUT2D eigenvalue weighted by Crippen LogP contribution is -2.34. The van der Waals surface area contributed by atoms with Gasteiger partial charge in [-0.1, -0.05) is 6.07 Å². The lowest BCUT2D eigenvalue weighted by molar-refractivity contribution is -0.123. The summed E-state index contributed by atoms with van der Waals surface area (Å²) in [5, 5.41) is 7.18. The molecule has 0 saturated heterocycles. The van der Waals surface area contributed by atoms with Gasteiger partial charge in [0.2, 0.25) is 0 Å². The van der Waals surface area contributed by atoms with Crippen LogP contribution in [0.25, 0.3) is 11.3 Å². The van der Waals surface area contributed by atoms with Crippen LogP contribution in [-0.4, -0.2) is 49.0 Å². The van der Waals surface area contributed by atoms with Gasteiger partial charge in [0.25, 0.3) is 11.5 Å². The van der Waals surface area contributed by atoms with Gasteiger partial charge in [-0.05, 0) is 56.3 Å². The van der Waals surface area contributed by atoms with Crippen LogP contribution in [0.3, 0.4) is 0 Å². The number of hydrogen-bond acceptors (Lipinski definition) is 6. The predicted octanol–water partition coefficient (Wildman–Crippen LogP) is 2.96. The molecule has 0 bridgehead atoms. The normalized spacial score (nSPS) is 10.5. The monoisotopic (exact) mass is 450 g/mol. The number of hydrogen-bond donors (Lipinski definition) is 1. The van der Waals surface area contributed by atoms with Crippen molar-refractivity contribution >= 4 is 11.6 Å². The molecule has 1 aromatic heterocycles. The molecule has 0 atom stereocenters. The molecule has 0 radical (unpaired) electrons. The van der Waals surface area contributed by atoms with Crippen molar-refractivity contribution in [2.24, 2.45) is 0 Å². The van der Waals surface area contributed by atoms with Crippen molar-refractivity contribution in [3.8, 4) is 22.8 Å². The van der Waals surface area contributed by atoms with Crippen molar-refractivity contribution in [1.29, 1.82) is 0 Å². The number of ether oxygens (including phenoxy) is 2. The van der Waals surface area contributed by atoms with E-state index in [1.165, 1.54) is 10.7 Å².